The fraction of sp³-hybridized carbons (Fsp3) is 0.176. The smallest absolute Gasteiger partial charge is 0.352 e. The van der Waals surface area contributed by atoms with E-state index in [0.717, 1.165) is 12.3 Å². The molecule has 0 spiro atoms. The number of pyridine rings is 1. The van der Waals surface area contributed by atoms with Gasteiger partial charge in [-0.15, -0.1) is 0 Å². The molecule has 124 valence electrons. The van der Waals surface area contributed by atoms with Gasteiger partial charge in [-0.25, -0.2) is 4.98 Å². The zero-order chi connectivity index (χ0) is 17.2. The molecule has 4 nitrogen and oxygen atoms in total. The number of benzene rings is 1. The maximum atomic E-state index is 12.7. The topological polar surface area (TPSA) is 46.4 Å². The zero-order valence-electron chi connectivity index (χ0n) is 12.5. The zero-order valence-corrected chi connectivity index (χ0v) is 12.5. The lowest BCUT2D eigenvalue weighted by molar-refractivity contribution is -0.137. The van der Waals surface area contributed by atoms with Crippen LogP contribution in [0.25, 0.3) is 5.65 Å². The lowest BCUT2D eigenvalue weighted by Gasteiger charge is -2.05. The van der Waals surface area contributed by atoms with Crippen molar-refractivity contribution in [2.24, 2.45) is 0 Å². The third-order valence-corrected chi connectivity index (χ3v) is 3.53. The van der Waals surface area contributed by atoms with Gasteiger partial charge in [-0.2, -0.15) is 13.2 Å². The second kappa shape index (κ2) is 6.35. The van der Waals surface area contributed by atoms with E-state index < -0.39 is 11.7 Å². The summed E-state index contributed by atoms with van der Waals surface area (Å²) in [4.78, 5) is 16.2. The van der Waals surface area contributed by atoms with Crippen LogP contribution in [0.2, 0.25) is 0 Å². The van der Waals surface area contributed by atoms with Crippen LogP contribution in [-0.2, 0) is 12.6 Å². The van der Waals surface area contributed by atoms with Crippen LogP contribution in [0, 0.1) is 0 Å². The molecule has 0 aliphatic rings. The number of nitrogens with one attached hydrogen (secondary N) is 1. The first-order valence-electron chi connectivity index (χ1n) is 7.31. The average Bonchev–Trinajstić information content (AvgIpc) is 2.96. The second-order valence-corrected chi connectivity index (χ2v) is 5.29. The predicted octanol–water partition coefficient (Wildman–Crippen LogP) is 3.33. The molecule has 0 saturated carbocycles. The highest BCUT2D eigenvalue weighted by molar-refractivity contribution is 5.94. The maximum Gasteiger partial charge on any atom is 0.417 e. The number of hydrogen-bond acceptors (Lipinski definition) is 2. The van der Waals surface area contributed by atoms with Crippen molar-refractivity contribution in [1.82, 2.24) is 14.7 Å². The fourth-order valence-electron chi connectivity index (χ4n) is 2.33. The van der Waals surface area contributed by atoms with Gasteiger partial charge < -0.3 is 9.72 Å². The first-order valence-corrected chi connectivity index (χ1v) is 7.31. The van der Waals surface area contributed by atoms with Gasteiger partial charge in [0.1, 0.15) is 5.65 Å². The number of halogens is 3. The Morgan fingerprint density at radius 2 is 1.83 bits per heavy atom. The highest BCUT2D eigenvalue weighted by atomic mass is 19.4. The van der Waals surface area contributed by atoms with Gasteiger partial charge in [0.25, 0.3) is 5.91 Å². The summed E-state index contributed by atoms with van der Waals surface area (Å²) in [7, 11) is 0. The van der Waals surface area contributed by atoms with E-state index in [1.165, 1.54) is 10.5 Å². The molecule has 2 heterocycles. The van der Waals surface area contributed by atoms with Gasteiger partial charge in [0.15, 0.2) is 0 Å². The van der Waals surface area contributed by atoms with Crippen molar-refractivity contribution in [3.05, 3.63) is 71.7 Å². The molecule has 3 aromatic rings. The first-order chi connectivity index (χ1) is 11.4. The molecule has 0 bridgehead atoms. The lowest BCUT2D eigenvalue weighted by atomic mass is 10.2. The number of carbonyl (C=O) groups is 1. The van der Waals surface area contributed by atoms with E-state index >= 15 is 0 Å². The minimum absolute atomic E-state index is 0.196. The van der Waals surface area contributed by atoms with Crippen molar-refractivity contribution in [1.29, 1.82) is 0 Å². The number of carbonyl (C=O) groups excluding carboxylic acids is 1. The van der Waals surface area contributed by atoms with Gasteiger partial charge in [0.05, 0.1) is 11.3 Å². The summed E-state index contributed by atoms with van der Waals surface area (Å²) in [5.74, 6) is -0.196. The second-order valence-electron chi connectivity index (χ2n) is 5.29. The Bertz CT molecular complexity index is 856. The molecule has 0 unspecified atom stereocenters. The normalized spacial score (nSPS) is 11.6. The Morgan fingerprint density at radius 1 is 1.08 bits per heavy atom. The fourth-order valence-corrected chi connectivity index (χ4v) is 2.33. The van der Waals surface area contributed by atoms with Gasteiger partial charge in [-0.1, -0.05) is 18.2 Å². The summed E-state index contributed by atoms with van der Waals surface area (Å²) in [6.45, 7) is 0.351. The molecule has 2 aromatic heterocycles. The van der Waals surface area contributed by atoms with Crippen molar-refractivity contribution in [2.75, 3.05) is 6.54 Å². The van der Waals surface area contributed by atoms with E-state index in [2.05, 4.69) is 10.3 Å². The van der Waals surface area contributed by atoms with Crippen LogP contribution in [0.5, 0.6) is 0 Å². The van der Waals surface area contributed by atoms with Gasteiger partial charge in [-0.3, -0.25) is 4.79 Å². The molecular weight excluding hydrogens is 319 g/mol. The molecule has 0 fully saturated rings. The SMILES string of the molecule is O=C(NCCc1cn2cc(C(F)(F)F)ccc2n1)c1ccccc1. The molecule has 0 aliphatic carbocycles. The van der Waals surface area contributed by atoms with Crippen LogP contribution in [0.1, 0.15) is 21.6 Å². The highest BCUT2D eigenvalue weighted by Crippen LogP contribution is 2.29. The quantitative estimate of drug-likeness (QED) is 0.796. The molecule has 3 rings (SSSR count). The van der Waals surface area contributed by atoms with Gasteiger partial charge in [0.2, 0.25) is 0 Å². The number of alkyl halides is 3. The molecular formula is C17H14F3N3O. The monoisotopic (exact) mass is 333 g/mol. The highest BCUT2D eigenvalue weighted by Gasteiger charge is 2.30. The lowest BCUT2D eigenvalue weighted by Crippen LogP contribution is -2.25. The Morgan fingerprint density at radius 3 is 2.54 bits per heavy atom. The van der Waals surface area contributed by atoms with Gasteiger partial charge >= 0.3 is 6.18 Å². The molecule has 7 heteroatoms. The molecule has 1 N–H and O–H groups in total. The first kappa shape index (κ1) is 16.0. The molecule has 0 aliphatic heterocycles. The minimum atomic E-state index is -4.39. The standard InChI is InChI=1S/C17H14F3N3O/c18-17(19,20)13-6-7-15-22-14(11-23(15)10-13)8-9-21-16(24)12-4-2-1-3-5-12/h1-7,10-11H,8-9H2,(H,21,24). The molecule has 0 saturated heterocycles. The van der Waals surface area contributed by atoms with Crippen molar-refractivity contribution < 1.29 is 18.0 Å². The van der Waals surface area contributed by atoms with Crippen LogP contribution in [0.15, 0.2) is 54.9 Å². The number of fused-ring (bicyclic) bond motifs is 1. The van der Waals surface area contributed by atoms with E-state index in [4.69, 9.17) is 0 Å². The van der Waals surface area contributed by atoms with E-state index in [1.54, 1.807) is 30.5 Å². The maximum absolute atomic E-state index is 12.7. The third-order valence-electron chi connectivity index (χ3n) is 3.53. The van der Waals surface area contributed by atoms with E-state index in [-0.39, 0.29) is 5.91 Å². The number of rotatable bonds is 4. The molecule has 0 atom stereocenters. The Balaban J connectivity index is 1.64. The largest absolute Gasteiger partial charge is 0.417 e. The van der Waals surface area contributed by atoms with Crippen molar-refractivity contribution in [3.63, 3.8) is 0 Å². The number of hydrogen-bond donors (Lipinski definition) is 1. The summed E-state index contributed by atoms with van der Waals surface area (Å²) in [5.41, 5.74) is 0.883. The summed E-state index contributed by atoms with van der Waals surface area (Å²) >= 11 is 0. The van der Waals surface area contributed by atoms with E-state index in [9.17, 15) is 18.0 Å². The Kier molecular flexibility index (Phi) is 4.24. The minimum Gasteiger partial charge on any atom is -0.352 e. The van der Waals surface area contributed by atoms with Crippen LogP contribution in [-0.4, -0.2) is 21.8 Å². The molecule has 1 aromatic carbocycles. The number of aromatic nitrogens is 2. The predicted molar refractivity (Wildman–Crippen MR) is 82.7 cm³/mol. The van der Waals surface area contributed by atoms with Crippen LogP contribution in [0.3, 0.4) is 0 Å². The Hall–Kier alpha value is -2.83. The average molecular weight is 333 g/mol. The summed E-state index contributed by atoms with van der Waals surface area (Å²) in [5, 5.41) is 2.76. The van der Waals surface area contributed by atoms with Crippen LogP contribution in [0.4, 0.5) is 13.2 Å². The van der Waals surface area contributed by atoms with Gasteiger partial charge in [-0.05, 0) is 24.3 Å². The van der Waals surface area contributed by atoms with Crippen molar-refractivity contribution in [2.45, 2.75) is 12.6 Å². The Labute approximate surface area is 135 Å². The molecule has 1 amide bonds. The summed E-state index contributed by atoms with van der Waals surface area (Å²) in [6.07, 6.45) is -1.41. The third kappa shape index (κ3) is 3.56. The summed E-state index contributed by atoms with van der Waals surface area (Å²) in [6, 6.07) is 11.1. The van der Waals surface area contributed by atoms with Crippen molar-refractivity contribution in [3.8, 4) is 0 Å². The molecule has 0 radical (unpaired) electrons. The molecule has 24 heavy (non-hydrogen) atoms. The number of amides is 1. The summed E-state index contributed by atoms with van der Waals surface area (Å²) < 4.78 is 39.4. The van der Waals surface area contributed by atoms with Crippen LogP contribution >= 0.6 is 0 Å². The van der Waals surface area contributed by atoms with Crippen LogP contribution < -0.4 is 5.32 Å². The van der Waals surface area contributed by atoms with Crippen molar-refractivity contribution >= 4 is 11.6 Å². The van der Waals surface area contributed by atoms with Gasteiger partial charge in [0, 0.05) is 30.9 Å². The van der Waals surface area contributed by atoms with E-state index in [1.807, 2.05) is 6.07 Å². The van der Waals surface area contributed by atoms with E-state index in [0.29, 0.717) is 29.9 Å². The number of imidazole rings is 1. The number of nitrogens with zero attached hydrogens (tertiary/aromatic N) is 2.